The van der Waals surface area contributed by atoms with Gasteiger partial charge in [0.05, 0.1) is 18.7 Å². The second-order valence-electron chi connectivity index (χ2n) is 9.16. The van der Waals surface area contributed by atoms with Crippen molar-refractivity contribution in [3.05, 3.63) is 50.9 Å². The first-order valence-corrected chi connectivity index (χ1v) is 12.2. The van der Waals surface area contributed by atoms with Gasteiger partial charge in [0.25, 0.3) is 0 Å². The zero-order chi connectivity index (χ0) is 25.2. The van der Waals surface area contributed by atoms with Crippen LogP contribution >= 0.6 is 22.9 Å². The Morgan fingerprint density at radius 2 is 1.88 bits per heavy atom. The number of hydrogen-bond donors (Lipinski definition) is 2. The molecule has 0 fully saturated rings. The van der Waals surface area contributed by atoms with Crippen molar-refractivity contribution in [1.29, 1.82) is 10.8 Å². The lowest BCUT2D eigenvalue weighted by Crippen LogP contribution is -2.42. The average molecular weight is 503 g/mol. The molecule has 0 radical (unpaired) electrons. The highest BCUT2D eigenvalue weighted by Gasteiger charge is 2.36. The number of carbonyl (C=O) groups is 1. The molecular weight excluding hydrogens is 472 g/mol. The Kier molecular flexibility index (Phi) is 7.95. The lowest BCUT2D eigenvalue weighted by atomic mass is 9.99. The van der Waals surface area contributed by atoms with Crippen LogP contribution in [0.2, 0.25) is 5.02 Å². The zero-order valence-electron chi connectivity index (χ0n) is 20.4. The van der Waals surface area contributed by atoms with Crippen LogP contribution in [0, 0.1) is 24.7 Å². The minimum atomic E-state index is -0.817. The third kappa shape index (κ3) is 5.74. The first-order valence-electron chi connectivity index (χ1n) is 11.0. The Morgan fingerprint density at radius 3 is 2.47 bits per heavy atom. The van der Waals surface area contributed by atoms with Crippen LogP contribution in [-0.4, -0.2) is 48.7 Å². The van der Waals surface area contributed by atoms with Gasteiger partial charge in [0, 0.05) is 34.6 Å². The number of nitrogens with one attached hydrogen (secondary N) is 2. The van der Waals surface area contributed by atoms with Gasteiger partial charge < -0.3 is 9.47 Å². The molecule has 1 aliphatic heterocycles. The predicted octanol–water partition coefficient (Wildman–Crippen LogP) is 5.77. The van der Waals surface area contributed by atoms with Gasteiger partial charge in [0.15, 0.2) is 0 Å². The highest BCUT2D eigenvalue weighted by atomic mass is 35.5. The molecule has 1 aromatic carbocycles. The van der Waals surface area contributed by atoms with Crippen molar-refractivity contribution in [2.45, 2.75) is 59.1 Å². The quantitative estimate of drug-likeness (QED) is 0.297. The molecule has 3 rings (SSSR count). The van der Waals surface area contributed by atoms with Crippen LogP contribution in [-0.2, 0) is 14.3 Å². The smallest absolute Gasteiger partial charge is 0.308 e. The van der Waals surface area contributed by atoms with Gasteiger partial charge in [-0.2, -0.15) is 0 Å². The van der Waals surface area contributed by atoms with Gasteiger partial charge in [-0.1, -0.05) is 23.7 Å². The molecule has 0 saturated heterocycles. The van der Waals surface area contributed by atoms with E-state index in [1.54, 1.807) is 24.1 Å². The van der Waals surface area contributed by atoms with Crippen LogP contribution in [0.4, 0.5) is 5.00 Å². The zero-order valence-corrected chi connectivity index (χ0v) is 22.0. The van der Waals surface area contributed by atoms with E-state index in [-0.39, 0.29) is 18.1 Å². The topological polar surface area (TPSA) is 98.8 Å². The van der Waals surface area contributed by atoms with Crippen LogP contribution in [0.25, 0.3) is 0 Å². The fourth-order valence-corrected chi connectivity index (χ4v) is 5.00. The second-order valence-corrected chi connectivity index (χ2v) is 10.8. The van der Waals surface area contributed by atoms with Crippen LogP contribution in [0.5, 0.6) is 0 Å². The molecular formula is C25H31ClN4O3S. The number of fused-ring (bicyclic) bond motifs is 1. The van der Waals surface area contributed by atoms with E-state index in [4.69, 9.17) is 36.9 Å². The van der Waals surface area contributed by atoms with Gasteiger partial charge in [-0.25, -0.2) is 0 Å². The number of esters is 1. The van der Waals surface area contributed by atoms with Crippen molar-refractivity contribution in [2.24, 2.45) is 4.99 Å². The summed E-state index contributed by atoms with van der Waals surface area (Å²) in [5, 5.41) is 19.2. The largest absolute Gasteiger partial charge is 0.460 e. The van der Waals surface area contributed by atoms with Crippen LogP contribution in [0.3, 0.4) is 0 Å². The van der Waals surface area contributed by atoms with E-state index in [1.165, 1.54) is 11.3 Å². The molecule has 7 nitrogen and oxygen atoms in total. The molecule has 1 aliphatic rings. The van der Waals surface area contributed by atoms with Gasteiger partial charge in [-0.05, 0) is 52.3 Å². The minimum absolute atomic E-state index is 0.0680. The Morgan fingerprint density at radius 1 is 1.24 bits per heavy atom. The highest BCUT2D eigenvalue weighted by molar-refractivity contribution is 7.17. The standard InChI is InChI=1S/C25H31ClN4O3S/c1-14-15(2)34-24-21(14)22(16-7-9-17(26)10-8-16)29-18(13-20(31)33-25(3,4)5)23(28)30(24)19(27)11-12-32-6/h7-10,18,27-28H,11-13H2,1-6H3/t18-/m0/s1. The second kappa shape index (κ2) is 10.4. The summed E-state index contributed by atoms with van der Waals surface area (Å²) in [6.07, 6.45) is 0.220. The molecule has 1 atom stereocenters. The van der Waals surface area contributed by atoms with Crippen molar-refractivity contribution in [3.63, 3.8) is 0 Å². The third-order valence-corrected chi connectivity index (χ3v) is 6.80. The molecule has 0 aliphatic carbocycles. The predicted molar refractivity (Wildman–Crippen MR) is 140 cm³/mol. The average Bonchev–Trinajstić information content (AvgIpc) is 2.96. The van der Waals surface area contributed by atoms with Crippen LogP contribution in [0.1, 0.15) is 55.2 Å². The fraction of sp³-hybridized carbons (Fsp3) is 0.440. The number of halogens is 1. The first kappa shape index (κ1) is 26.1. The van der Waals surface area contributed by atoms with Crippen molar-refractivity contribution in [1.82, 2.24) is 0 Å². The van der Waals surface area contributed by atoms with Crippen LogP contribution < -0.4 is 4.90 Å². The molecule has 34 heavy (non-hydrogen) atoms. The summed E-state index contributed by atoms with van der Waals surface area (Å²) in [6.45, 7) is 9.81. The minimum Gasteiger partial charge on any atom is -0.460 e. The van der Waals surface area contributed by atoms with Gasteiger partial charge in [-0.3, -0.25) is 25.5 Å². The molecule has 2 heterocycles. The number of methoxy groups -OCH3 is 1. The van der Waals surface area contributed by atoms with E-state index in [1.807, 2.05) is 46.8 Å². The number of ether oxygens (including phenoxy) is 2. The number of aliphatic imine (C=N–C) groups is 1. The Balaban J connectivity index is 2.18. The summed E-state index contributed by atoms with van der Waals surface area (Å²) in [6, 6.07) is 6.55. The number of nitrogens with zero attached hydrogens (tertiary/aromatic N) is 2. The van der Waals surface area contributed by atoms with Crippen molar-refractivity contribution in [3.8, 4) is 0 Å². The van der Waals surface area contributed by atoms with Gasteiger partial charge in [0.2, 0.25) is 0 Å². The molecule has 9 heteroatoms. The first-order chi connectivity index (χ1) is 15.9. The van der Waals surface area contributed by atoms with Gasteiger partial charge >= 0.3 is 5.97 Å². The summed E-state index contributed by atoms with van der Waals surface area (Å²) < 4.78 is 10.7. The number of benzene rings is 1. The maximum atomic E-state index is 12.8. The van der Waals surface area contributed by atoms with E-state index in [2.05, 4.69) is 0 Å². The number of amidine groups is 2. The highest BCUT2D eigenvalue weighted by Crippen LogP contribution is 2.40. The maximum absolute atomic E-state index is 12.8. The summed E-state index contributed by atoms with van der Waals surface area (Å²) >= 11 is 7.65. The van der Waals surface area contributed by atoms with Gasteiger partial charge in [0.1, 0.15) is 28.3 Å². The van der Waals surface area contributed by atoms with Crippen LogP contribution in [0.15, 0.2) is 29.3 Å². The molecule has 0 spiro atoms. The van der Waals surface area contributed by atoms with E-state index in [0.29, 0.717) is 23.8 Å². The molecule has 0 bridgehead atoms. The number of carbonyl (C=O) groups excluding carboxylic acids is 1. The molecule has 182 valence electrons. The Bertz CT molecular complexity index is 1130. The number of rotatable bonds is 6. The maximum Gasteiger partial charge on any atom is 0.308 e. The van der Waals surface area contributed by atoms with E-state index in [0.717, 1.165) is 26.6 Å². The lowest BCUT2D eigenvalue weighted by molar-refractivity contribution is -0.154. The SMILES string of the molecule is COCCC(=N)N1C(=N)[C@H](CC(=O)OC(C)(C)C)N=C(c2ccc(Cl)cc2)c2c1sc(C)c2C. The summed E-state index contributed by atoms with van der Waals surface area (Å²) in [7, 11) is 1.58. The summed E-state index contributed by atoms with van der Waals surface area (Å²) in [5.74, 6) is -0.155. The molecule has 1 aromatic heterocycles. The van der Waals surface area contributed by atoms with Gasteiger partial charge in [-0.15, -0.1) is 11.3 Å². The Hall–Kier alpha value is -2.55. The molecule has 2 aromatic rings. The van der Waals surface area contributed by atoms with E-state index >= 15 is 0 Å². The fourth-order valence-electron chi connectivity index (χ4n) is 3.67. The number of anilines is 1. The monoisotopic (exact) mass is 502 g/mol. The summed E-state index contributed by atoms with van der Waals surface area (Å²) in [4.78, 5) is 20.4. The van der Waals surface area contributed by atoms with E-state index in [9.17, 15) is 4.79 Å². The number of thiophene rings is 1. The van der Waals surface area contributed by atoms with Crippen molar-refractivity contribution in [2.75, 3.05) is 18.6 Å². The number of hydrogen-bond acceptors (Lipinski definition) is 7. The third-order valence-electron chi connectivity index (χ3n) is 5.36. The molecule has 0 amide bonds. The lowest BCUT2D eigenvalue weighted by Gasteiger charge is -2.27. The molecule has 0 saturated carbocycles. The normalized spacial score (nSPS) is 16.1. The van der Waals surface area contributed by atoms with Crippen molar-refractivity contribution < 1.29 is 14.3 Å². The van der Waals surface area contributed by atoms with E-state index < -0.39 is 17.6 Å². The number of aryl methyl sites for hydroxylation is 1. The molecule has 2 N–H and O–H groups in total. The molecule has 0 unspecified atom stereocenters. The summed E-state index contributed by atoms with van der Waals surface area (Å²) in [5.41, 5.74) is 2.75. The Labute approximate surface area is 209 Å². The van der Waals surface area contributed by atoms with Crippen molar-refractivity contribution >= 4 is 51.3 Å².